The Labute approximate surface area is 180 Å². The number of aliphatic imine (C=N–C) groups is 1. The van der Waals surface area contributed by atoms with Gasteiger partial charge in [0.05, 0.1) is 29.0 Å². The van der Waals surface area contributed by atoms with E-state index >= 15 is 0 Å². The molecule has 2 aliphatic heterocycles. The number of aryl methyl sites for hydroxylation is 1. The first kappa shape index (κ1) is 20.5. The molecule has 8 nitrogen and oxygen atoms in total. The Morgan fingerprint density at radius 2 is 2.03 bits per heavy atom. The number of aromatic amines is 1. The minimum atomic E-state index is -0.227. The number of nitrogens with zero attached hydrogens (tertiary/aromatic N) is 2. The molecule has 1 aromatic heterocycles. The van der Waals surface area contributed by atoms with Gasteiger partial charge in [0, 0.05) is 43.8 Å². The lowest BCUT2D eigenvalue weighted by atomic mass is 9.98. The average Bonchev–Trinajstić information content (AvgIpc) is 3.28. The molecule has 0 aliphatic carbocycles. The smallest absolute Gasteiger partial charge is 0.256 e. The van der Waals surface area contributed by atoms with Gasteiger partial charge >= 0.3 is 0 Å². The third-order valence-corrected chi connectivity index (χ3v) is 5.44. The lowest BCUT2D eigenvalue weighted by Crippen LogP contribution is -2.29. The summed E-state index contributed by atoms with van der Waals surface area (Å²) in [5.41, 5.74) is 11.2. The van der Waals surface area contributed by atoms with Crippen LogP contribution in [0.2, 0.25) is 0 Å². The maximum atomic E-state index is 13.1. The number of H-pyrrole nitrogens is 1. The van der Waals surface area contributed by atoms with Gasteiger partial charge in [-0.15, -0.1) is 0 Å². The molecule has 2 amide bonds. The van der Waals surface area contributed by atoms with Crippen LogP contribution in [0.3, 0.4) is 0 Å². The molecule has 0 radical (unpaired) electrons. The fourth-order valence-electron chi connectivity index (χ4n) is 3.88. The molecular weight excluding hydrogens is 394 g/mol. The third kappa shape index (κ3) is 3.72. The second-order valence-electron chi connectivity index (χ2n) is 7.59. The first-order valence-electron chi connectivity index (χ1n) is 10.1. The Morgan fingerprint density at radius 3 is 2.77 bits per heavy atom. The first-order chi connectivity index (χ1) is 14.9. The topological polar surface area (TPSA) is 113 Å². The van der Waals surface area contributed by atoms with Crippen molar-refractivity contribution in [2.75, 3.05) is 32.6 Å². The van der Waals surface area contributed by atoms with Gasteiger partial charge in [0.15, 0.2) is 0 Å². The number of nitrogens with two attached hydrogens (primary N) is 1. The summed E-state index contributed by atoms with van der Waals surface area (Å²) in [7, 11) is 3.39. The van der Waals surface area contributed by atoms with Gasteiger partial charge in [-0.3, -0.25) is 14.6 Å². The predicted octanol–water partition coefficient (Wildman–Crippen LogP) is 2.64. The number of ether oxygens (including phenoxy) is 1. The van der Waals surface area contributed by atoms with E-state index < -0.39 is 0 Å². The molecule has 0 saturated heterocycles. The van der Waals surface area contributed by atoms with Gasteiger partial charge < -0.3 is 25.7 Å². The Kier molecular flexibility index (Phi) is 5.37. The summed E-state index contributed by atoms with van der Waals surface area (Å²) in [5, 5.41) is 2.88. The second-order valence-corrected chi connectivity index (χ2v) is 7.59. The normalized spacial score (nSPS) is 21.1. The van der Waals surface area contributed by atoms with Gasteiger partial charge in [0.1, 0.15) is 0 Å². The quantitative estimate of drug-likeness (QED) is 0.609. The first-order valence-corrected chi connectivity index (χ1v) is 10.1. The second kappa shape index (κ2) is 8.14. The summed E-state index contributed by atoms with van der Waals surface area (Å²) < 4.78 is 5.88. The summed E-state index contributed by atoms with van der Waals surface area (Å²) in [4.78, 5) is 34.9. The van der Waals surface area contributed by atoms with E-state index in [-0.39, 0.29) is 11.8 Å². The molecule has 4 rings (SSSR count). The predicted molar refractivity (Wildman–Crippen MR) is 122 cm³/mol. The highest BCUT2D eigenvalue weighted by Gasteiger charge is 2.27. The van der Waals surface area contributed by atoms with E-state index in [1.165, 1.54) is 6.20 Å². The molecule has 31 heavy (non-hydrogen) atoms. The SMILES string of the molecule is CN=C1OCCCN(C)C(=O)c2cc(C)[nH]c2/C=C2\C(=O)Nc3ccc(cc32)C1=CN. The summed E-state index contributed by atoms with van der Waals surface area (Å²) in [6, 6.07) is 7.39. The number of rotatable bonds is 0. The Bertz CT molecular complexity index is 1160. The highest BCUT2D eigenvalue weighted by molar-refractivity contribution is 6.35. The number of benzene rings is 1. The van der Waals surface area contributed by atoms with Crippen molar-refractivity contribution in [3.8, 4) is 0 Å². The molecule has 3 heterocycles. The zero-order valence-electron chi connectivity index (χ0n) is 17.8. The van der Waals surface area contributed by atoms with Crippen molar-refractivity contribution in [3.05, 3.63) is 58.5 Å². The summed E-state index contributed by atoms with van der Waals surface area (Å²) in [6.45, 7) is 2.78. The summed E-state index contributed by atoms with van der Waals surface area (Å²) in [6.07, 6.45) is 3.82. The van der Waals surface area contributed by atoms with E-state index in [0.717, 1.165) is 16.8 Å². The lowest BCUT2D eigenvalue weighted by molar-refractivity contribution is -0.110. The van der Waals surface area contributed by atoms with Crippen molar-refractivity contribution in [3.63, 3.8) is 0 Å². The van der Waals surface area contributed by atoms with Gasteiger partial charge in [-0.2, -0.15) is 0 Å². The van der Waals surface area contributed by atoms with E-state index in [1.807, 2.05) is 25.1 Å². The Morgan fingerprint density at radius 1 is 1.23 bits per heavy atom. The molecule has 4 N–H and O–H groups in total. The minimum absolute atomic E-state index is 0.120. The van der Waals surface area contributed by atoms with Crippen LogP contribution in [0.4, 0.5) is 5.69 Å². The highest BCUT2D eigenvalue weighted by atomic mass is 16.5. The number of aromatic nitrogens is 1. The number of amides is 2. The fourth-order valence-corrected chi connectivity index (χ4v) is 3.88. The fraction of sp³-hybridized carbons (Fsp3) is 0.261. The van der Waals surface area contributed by atoms with E-state index in [0.29, 0.717) is 53.6 Å². The van der Waals surface area contributed by atoms with Crippen LogP contribution in [0.25, 0.3) is 17.2 Å². The largest absolute Gasteiger partial charge is 0.477 e. The van der Waals surface area contributed by atoms with Crippen LogP contribution >= 0.6 is 0 Å². The van der Waals surface area contributed by atoms with Crippen LogP contribution in [0.15, 0.2) is 35.5 Å². The van der Waals surface area contributed by atoms with Crippen molar-refractivity contribution >= 4 is 40.6 Å². The van der Waals surface area contributed by atoms with Crippen molar-refractivity contribution in [1.29, 1.82) is 0 Å². The Hall–Kier alpha value is -3.81. The maximum absolute atomic E-state index is 13.1. The molecule has 2 aromatic rings. The van der Waals surface area contributed by atoms with Gasteiger partial charge in [0.2, 0.25) is 5.90 Å². The molecule has 160 valence electrons. The van der Waals surface area contributed by atoms with Gasteiger partial charge in [-0.1, -0.05) is 6.07 Å². The maximum Gasteiger partial charge on any atom is 0.256 e. The van der Waals surface area contributed by atoms with Crippen molar-refractivity contribution in [1.82, 2.24) is 9.88 Å². The molecule has 2 aliphatic rings. The summed E-state index contributed by atoms with van der Waals surface area (Å²) in [5.74, 6) is 0.0646. The molecule has 0 fully saturated rings. The van der Waals surface area contributed by atoms with Crippen molar-refractivity contribution < 1.29 is 14.3 Å². The van der Waals surface area contributed by atoms with Crippen LogP contribution in [-0.4, -0.2) is 54.8 Å². The molecule has 1 aromatic carbocycles. The Balaban J connectivity index is 1.91. The van der Waals surface area contributed by atoms with Crippen molar-refractivity contribution in [2.24, 2.45) is 10.7 Å². The number of nitrogens with one attached hydrogen (secondary N) is 2. The molecule has 8 heteroatoms. The molecule has 2 bridgehead atoms. The van der Waals surface area contributed by atoms with Crippen molar-refractivity contribution in [2.45, 2.75) is 13.3 Å². The molecule has 0 saturated carbocycles. The van der Waals surface area contributed by atoms with Crippen LogP contribution in [0.5, 0.6) is 0 Å². The molecule has 0 spiro atoms. The van der Waals surface area contributed by atoms with Gasteiger partial charge in [-0.05, 0) is 43.2 Å². The third-order valence-electron chi connectivity index (χ3n) is 5.44. The number of carbonyl (C=O) groups excluding carboxylic acids is 2. The number of carbonyl (C=O) groups is 2. The van der Waals surface area contributed by atoms with E-state index in [1.54, 1.807) is 31.1 Å². The average molecular weight is 419 g/mol. The van der Waals surface area contributed by atoms with Crippen LogP contribution < -0.4 is 11.1 Å². The van der Waals surface area contributed by atoms with Crippen LogP contribution in [0.1, 0.15) is 39.3 Å². The number of hydrogen-bond acceptors (Lipinski definition) is 5. The zero-order valence-corrected chi connectivity index (χ0v) is 17.8. The zero-order chi connectivity index (χ0) is 22.1. The monoisotopic (exact) mass is 419 g/mol. The lowest BCUT2D eigenvalue weighted by Gasteiger charge is -2.18. The number of fused-ring (bicyclic) bond motifs is 2. The number of anilines is 1. The number of hydrogen-bond donors (Lipinski definition) is 3. The van der Waals surface area contributed by atoms with Crippen LogP contribution in [0, 0.1) is 6.92 Å². The standard InChI is InChI=1S/C23H25N5O3/c1-13-9-17-20(26-13)11-16-15-10-14(5-6-19(15)27-21(16)29)18(12-24)22(25-2)31-8-4-7-28(3)23(17)30/h5-6,9-12,26H,4,7-8,24H2,1-3H3,(H,27,29)/b16-11-,18-12?,25-22?. The summed E-state index contributed by atoms with van der Waals surface area (Å²) >= 11 is 0. The molecule has 0 atom stereocenters. The molecular formula is C23H25N5O3. The minimum Gasteiger partial charge on any atom is -0.477 e. The van der Waals surface area contributed by atoms with E-state index in [2.05, 4.69) is 15.3 Å². The van der Waals surface area contributed by atoms with Gasteiger partial charge in [-0.25, -0.2) is 0 Å². The van der Waals surface area contributed by atoms with E-state index in [4.69, 9.17) is 10.5 Å². The van der Waals surface area contributed by atoms with Crippen LogP contribution in [-0.2, 0) is 9.53 Å². The van der Waals surface area contributed by atoms with E-state index in [9.17, 15) is 9.59 Å². The molecule has 0 unspecified atom stereocenters. The van der Waals surface area contributed by atoms with Gasteiger partial charge in [0.25, 0.3) is 11.8 Å². The highest BCUT2D eigenvalue weighted by Crippen LogP contribution is 2.36.